The molecule has 0 fully saturated rings. The van der Waals surface area contributed by atoms with Gasteiger partial charge < -0.3 is 5.73 Å². The van der Waals surface area contributed by atoms with Crippen LogP contribution in [0.1, 0.15) is 0 Å². The van der Waals surface area contributed by atoms with E-state index in [1.165, 1.54) is 0 Å². The first kappa shape index (κ1) is 12.0. The summed E-state index contributed by atoms with van der Waals surface area (Å²) in [6, 6.07) is 0. The number of alkyl halides is 5. The van der Waals surface area contributed by atoms with Crippen molar-refractivity contribution in [3.63, 3.8) is 0 Å². The molecule has 74 valence electrons. The van der Waals surface area contributed by atoms with Crippen LogP contribution in [0.5, 0.6) is 0 Å². The van der Waals surface area contributed by atoms with Gasteiger partial charge in [0.25, 0.3) is 0 Å². The van der Waals surface area contributed by atoms with Gasteiger partial charge in [-0.05, 0) is 6.26 Å². The van der Waals surface area contributed by atoms with E-state index in [1.807, 2.05) is 0 Å². The van der Waals surface area contributed by atoms with Crippen molar-refractivity contribution in [3.8, 4) is 0 Å². The monoisotopic (exact) mass is 209 g/mol. The molecule has 0 aromatic heterocycles. The third-order valence-electron chi connectivity index (χ3n) is 1.28. The van der Waals surface area contributed by atoms with E-state index in [2.05, 4.69) is 0 Å². The van der Waals surface area contributed by atoms with Crippen molar-refractivity contribution in [1.29, 1.82) is 0 Å². The maximum Gasteiger partial charge on any atom is 0.454 e. The van der Waals surface area contributed by atoms with Gasteiger partial charge in [0.1, 0.15) is 0 Å². The molecule has 7 heteroatoms. The number of halogens is 5. The Hall–Kier alpha value is -0.0400. The lowest BCUT2D eigenvalue weighted by Crippen LogP contribution is -2.48. The Morgan fingerprint density at radius 1 is 1.25 bits per heavy atom. The van der Waals surface area contributed by atoms with Gasteiger partial charge in [-0.2, -0.15) is 33.7 Å². The van der Waals surface area contributed by atoms with E-state index >= 15 is 0 Å². The van der Waals surface area contributed by atoms with Crippen LogP contribution in [-0.4, -0.2) is 30.1 Å². The van der Waals surface area contributed by atoms with Crippen LogP contribution < -0.4 is 5.73 Å². The van der Waals surface area contributed by atoms with E-state index in [9.17, 15) is 22.0 Å². The molecule has 0 saturated heterocycles. The van der Waals surface area contributed by atoms with Crippen LogP contribution in [0.4, 0.5) is 22.0 Å². The van der Waals surface area contributed by atoms with Crippen LogP contribution >= 0.6 is 11.8 Å². The summed E-state index contributed by atoms with van der Waals surface area (Å²) in [4.78, 5) is 0. The van der Waals surface area contributed by atoms with Crippen molar-refractivity contribution in [2.24, 2.45) is 5.73 Å². The van der Waals surface area contributed by atoms with E-state index in [1.54, 1.807) is 0 Å². The summed E-state index contributed by atoms with van der Waals surface area (Å²) >= 11 is 0.409. The van der Waals surface area contributed by atoms with E-state index in [4.69, 9.17) is 5.73 Å². The Balaban J connectivity index is 4.57. The highest BCUT2D eigenvalue weighted by Gasteiger charge is 2.61. The molecule has 0 aromatic carbocycles. The molecule has 0 rings (SSSR count). The SMILES string of the molecule is CSC(CN)C(F)(F)C(F)(F)F. The molecule has 0 aliphatic rings. The first-order valence-corrected chi connectivity index (χ1v) is 4.23. The predicted molar refractivity (Wildman–Crippen MR) is 37.4 cm³/mol. The molecule has 1 atom stereocenters. The molecule has 0 heterocycles. The van der Waals surface area contributed by atoms with Gasteiger partial charge in [-0.3, -0.25) is 0 Å². The van der Waals surface area contributed by atoms with Gasteiger partial charge in [-0.15, -0.1) is 0 Å². The summed E-state index contributed by atoms with van der Waals surface area (Å²) in [5.41, 5.74) is 4.77. The Labute approximate surface area is 70.5 Å². The molecule has 0 aromatic rings. The largest absolute Gasteiger partial charge is 0.454 e. The minimum atomic E-state index is -5.51. The van der Waals surface area contributed by atoms with Gasteiger partial charge in [0.2, 0.25) is 0 Å². The maximum atomic E-state index is 12.4. The molecular formula is C5H8F5NS. The summed E-state index contributed by atoms with van der Waals surface area (Å²) < 4.78 is 59.7. The van der Waals surface area contributed by atoms with Gasteiger partial charge in [-0.1, -0.05) is 0 Å². The lowest BCUT2D eigenvalue weighted by atomic mass is 10.2. The first-order valence-electron chi connectivity index (χ1n) is 2.94. The molecule has 0 saturated carbocycles. The minimum absolute atomic E-state index is 0.409. The van der Waals surface area contributed by atoms with E-state index < -0.39 is 23.9 Å². The predicted octanol–water partition coefficient (Wildman–Crippen LogP) is 1.87. The van der Waals surface area contributed by atoms with Crippen LogP contribution in [0.2, 0.25) is 0 Å². The highest BCUT2D eigenvalue weighted by Crippen LogP contribution is 2.41. The van der Waals surface area contributed by atoms with Crippen molar-refractivity contribution >= 4 is 11.8 Å². The lowest BCUT2D eigenvalue weighted by molar-refractivity contribution is -0.280. The number of nitrogens with two attached hydrogens (primary N) is 1. The fourth-order valence-electron chi connectivity index (χ4n) is 0.575. The van der Waals surface area contributed by atoms with E-state index in [0.717, 1.165) is 6.26 Å². The summed E-state index contributed by atoms with van der Waals surface area (Å²) in [6.45, 7) is -0.701. The average Bonchev–Trinajstić information content (AvgIpc) is 1.87. The topological polar surface area (TPSA) is 26.0 Å². The molecule has 0 amide bonds. The molecule has 2 N–H and O–H groups in total. The van der Waals surface area contributed by atoms with Crippen LogP contribution in [0.3, 0.4) is 0 Å². The Bertz CT molecular complexity index is 141. The molecule has 0 radical (unpaired) electrons. The van der Waals surface area contributed by atoms with E-state index in [0.29, 0.717) is 11.8 Å². The summed E-state index contributed by atoms with van der Waals surface area (Å²) in [5.74, 6) is -4.71. The Morgan fingerprint density at radius 3 is 1.75 bits per heavy atom. The molecule has 0 aliphatic heterocycles. The number of thioether (sulfide) groups is 1. The van der Waals surface area contributed by atoms with Crippen molar-refractivity contribution in [1.82, 2.24) is 0 Å². The van der Waals surface area contributed by atoms with E-state index in [-0.39, 0.29) is 0 Å². The Kier molecular flexibility index (Phi) is 3.77. The van der Waals surface area contributed by atoms with Crippen molar-refractivity contribution in [2.75, 3.05) is 12.8 Å². The second-order valence-corrected chi connectivity index (χ2v) is 3.12. The van der Waals surface area contributed by atoms with Crippen LogP contribution in [0.15, 0.2) is 0 Å². The fourth-order valence-corrected chi connectivity index (χ4v) is 1.20. The van der Waals surface area contributed by atoms with Gasteiger partial charge >= 0.3 is 12.1 Å². The van der Waals surface area contributed by atoms with Gasteiger partial charge in [0.15, 0.2) is 0 Å². The highest BCUT2D eigenvalue weighted by molar-refractivity contribution is 7.99. The molecule has 1 unspecified atom stereocenters. The summed E-state index contributed by atoms with van der Waals surface area (Å²) in [5, 5.41) is -1.91. The smallest absolute Gasteiger partial charge is 0.329 e. The number of hydrogen-bond donors (Lipinski definition) is 1. The van der Waals surface area contributed by atoms with Crippen molar-refractivity contribution in [2.45, 2.75) is 17.3 Å². The third kappa shape index (κ3) is 2.22. The van der Waals surface area contributed by atoms with Gasteiger partial charge in [0.05, 0.1) is 5.25 Å². The number of hydrogen-bond acceptors (Lipinski definition) is 2. The molecule has 0 bridgehead atoms. The van der Waals surface area contributed by atoms with Gasteiger partial charge in [-0.25, -0.2) is 0 Å². The van der Waals surface area contributed by atoms with Crippen molar-refractivity contribution in [3.05, 3.63) is 0 Å². The van der Waals surface area contributed by atoms with Gasteiger partial charge in [0, 0.05) is 6.54 Å². The molecule has 12 heavy (non-hydrogen) atoms. The lowest BCUT2D eigenvalue weighted by Gasteiger charge is -2.25. The zero-order chi connectivity index (χ0) is 9.99. The first-order chi connectivity index (χ1) is 5.27. The summed E-state index contributed by atoms with van der Waals surface area (Å²) in [7, 11) is 0. The zero-order valence-electron chi connectivity index (χ0n) is 6.16. The Morgan fingerprint density at radius 2 is 1.67 bits per heavy atom. The molecule has 0 aliphatic carbocycles. The second-order valence-electron chi connectivity index (χ2n) is 2.08. The number of rotatable bonds is 3. The summed E-state index contributed by atoms with van der Waals surface area (Å²) in [6.07, 6.45) is -4.35. The van der Waals surface area contributed by atoms with Crippen molar-refractivity contribution < 1.29 is 22.0 Å². The normalized spacial score (nSPS) is 16.2. The van der Waals surface area contributed by atoms with Crippen LogP contribution in [0.25, 0.3) is 0 Å². The maximum absolute atomic E-state index is 12.4. The molecular weight excluding hydrogens is 201 g/mol. The van der Waals surface area contributed by atoms with Crippen LogP contribution in [-0.2, 0) is 0 Å². The standard InChI is InChI=1S/C5H8F5NS/c1-12-3(2-11)4(6,7)5(8,9)10/h3H,2,11H2,1H3. The third-order valence-corrected chi connectivity index (χ3v) is 2.34. The average molecular weight is 209 g/mol. The molecule has 0 spiro atoms. The zero-order valence-corrected chi connectivity index (χ0v) is 6.98. The quantitative estimate of drug-likeness (QED) is 0.718. The second kappa shape index (κ2) is 3.78. The fraction of sp³-hybridized carbons (Fsp3) is 1.00. The minimum Gasteiger partial charge on any atom is -0.329 e. The van der Waals surface area contributed by atoms with Crippen LogP contribution in [0, 0.1) is 0 Å². The molecule has 1 nitrogen and oxygen atoms in total. The highest BCUT2D eigenvalue weighted by atomic mass is 32.2.